The van der Waals surface area contributed by atoms with Gasteiger partial charge < -0.3 is 5.32 Å². The van der Waals surface area contributed by atoms with Crippen molar-refractivity contribution in [2.45, 2.75) is 33.5 Å². The summed E-state index contributed by atoms with van der Waals surface area (Å²) in [5, 5.41) is 7.28. The summed E-state index contributed by atoms with van der Waals surface area (Å²) in [7, 11) is 0. The average molecular weight is 362 g/mol. The molecule has 0 saturated heterocycles. The zero-order chi connectivity index (χ0) is 19.1. The van der Waals surface area contributed by atoms with Crippen LogP contribution >= 0.6 is 0 Å². The van der Waals surface area contributed by atoms with Gasteiger partial charge >= 0.3 is 6.18 Å². The molecule has 3 aromatic rings. The van der Waals surface area contributed by atoms with Gasteiger partial charge in [0, 0.05) is 12.2 Å². The fraction of sp³-hybridized carbons (Fsp3) is 0.278. The van der Waals surface area contributed by atoms with Crippen LogP contribution in [0.15, 0.2) is 30.3 Å². The molecule has 2 aromatic heterocycles. The molecule has 0 aliphatic carbocycles. The fourth-order valence-electron chi connectivity index (χ4n) is 2.91. The van der Waals surface area contributed by atoms with Crippen molar-refractivity contribution in [1.29, 1.82) is 0 Å². The Morgan fingerprint density at radius 1 is 1.23 bits per heavy atom. The highest BCUT2D eigenvalue weighted by Crippen LogP contribution is 2.35. The molecule has 0 bridgehead atoms. The van der Waals surface area contributed by atoms with Crippen LogP contribution in [0.4, 0.5) is 18.9 Å². The number of nitrogens with one attached hydrogen (secondary N) is 1. The Bertz CT molecular complexity index is 992. The fourth-order valence-corrected chi connectivity index (χ4v) is 2.91. The molecule has 1 amide bonds. The summed E-state index contributed by atoms with van der Waals surface area (Å²) in [6.07, 6.45) is -4.56. The summed E-state index contributed by atoms with van der Waals surface area (Å²) >= 11 is 0. The van der Waals surface area contributed by atoms with Crippen LogP contribution in [0.1, 0.15) is 34.2 Å². The highest BCUT2D eigenvalue weighted by molar-refractivity contribution is 6.13. The van der Waals surface area contributed by atoms with Gasteiger partial charge in [-0.2, -0.15) is 18.3 Å². The third-order valence-corrected chi connectivity index (χ3v) is 4.03. The molecule has 0 atom stereocenters. The number of aromatic nitrogens is 3. The lowest BCUT2D eigenvalue weighted by molar-refractivity contribution is -0.136. The molecule has 1 N–H and O–H groups in total. The molecule has 26 heavy (non-hydrogen) atoms. The molecule has 0 fully saturated rings. The van der Waals surface area contributed by atoms with Crippen LogP contribution in [0.5, 0.6) is 0 Å². The first kappa shape index (κ1) is 17.9. The van der Waals surface area contributed by atoms with E-state index in [0.717, 1.165) is 6.07 Å². The number of halogens is 3. The van der Waals surface area contributed by atoms with Gasteiger partial charge in [-0.25, -0.2) is 9.67 Å². The largest absolute Gasteiger partial charge is 0.418 e. The molecule has 3 rings (SSSR count). The Hall–Kier alpha value is -2.90. The highest BCUT2D eigenvalue weighted by atomic mass is 19.4. The maximum absolute atomic E-state index is 13.2. The maximum Gasteiger partial charge on any atom is 0.418 e. The molecular formula is C18H17F3N4O. The molecule has 5 nitrogen and oxygen atoms in total. The first-order valence-electron chi connectivity index (χ1n) is 8.04. The Kier molecular flexibility index (Phi) is 4.43. The average Bonchev–Trinajstić information content (AvgIpc) is 2.89. The SMILES string of the molecule is CCn1nc(C)c2c(C(=O)Nc3ccccc3C(F)(F)F)cc(C)nc21. The minimum absolute atomic E-state index is 0.252. The number of benzene rings is 1. The second kappa shape index (κ2) is 6.44. The smallest absolute Gasteiger partial charge is 0.321 e. The van der Waals surface area contributed by atoms with Crippen molar-refractivity contribution in [2.75, 3.05) is 5.32 Å². The number of aryl methyl sites for hydroxylation is 3. The molecule has 2 heterocycles. The van der Waals surface area contributed by atoms with Crippen molar-refractivity contribution in [2.24, 2.45) is 0 Å². The first-order chi connectivity index (χ1) is 12.2. The summed E-state index contributed by atoms with van der Waals surface area (Å²) < 4.78 is 41.1. The molecule has 0 aliphatic rings. The van der Waals surface area contributed by atoms with Gasteiger partial charge in [0.15, 0.2) is 5.65 Å². The summed E-state index contributed by atoms with van der Waals surface area (Å²) in [5.74, 6) is -0.629. The molecule has 0 aliphatic heterocycles. The monoisotopic (exact) mass is 362 g/mol. The lowest BCUT2D eigenvalue weighted by atomic mass is 10.1. The van der Waals surface area contributed by atoms with E-state index in [1.165, 1.54) is 18.2 Å². The lowest BCUT2D eigenvalue weighted by Crippen LogP contribution is -2.17. The number of amides is 1. The van der Waals surface area contributed by atoms with E-state index < -0.39 is 17.6 Å². The van der Waals surface area contributed by atoms with Crippen LogP contribution in [0.2, 0.25) is 0 Å². The van der Waals surface area contributed by atoms with Crippen LogP contribution in [0.25, 0.3) is 11.0 Å². The van der Waals surface area contributed by atoms with E-state index in [1.807, 2.05) is 6.92 Å². The molecule has 0 spiro atoms. The van der Waals surface area contributed by atoms with E-state index in [9.17, 15) is 18.0 Å². The number of anilines is 1. The van der Waals surface area contributed by atoms with Gasteiger partial charge in [0.2, 0.25) is 0 Å². The third kappa shape index (κ3) is 3.14. The Morgan fingerprint density at radius 3 is 2.58 bits per heavy atom. The van der Waals surface area contributed by atoms with Crippen molar-refractivity contribution in [1.82, 2.24) is 14.8 Å². The summed E-state index contributed by atoms with van der Waals surface area (Å²) in [4.78, 5) is 17.2. The highest BCUT2D eigenvalue weighted by Gasteiger charge is 2.33. The van der Waals surface area contributed by atoms with Gasteiger partial charge in [-0.1, -0.05) is 12.1 Å². The van der Waals surface area contributed by atoms with Crippen LogP contribution in [-0.4, -0.2) is 20.7 Å². The number of alkyl halides is 3. The number of fused-ring (bicyclic) bond motifs is 1. The molecule has 0 unspecified atom stereocenters. The van der Waals surface area contributed by atoms with Crippen molar-refractivity contribution < 1.29 is 18.0 Å². The number of rotatable bonds is 3. The number of pyridine rings is 1. The molecule has 136 valence electrons. The van der Waals surface area contributed by atoms with Crippen molar-refractivity contribution in [3.63, 3.8) is 0 Å². The van der Waals surface area contributed by atoms with E-state index >= 15 is 0 Å². The summed E-state index contributed by atoms with van der Waals surface area (Å²) in [6.45, 7) is 5.93. The van der Waals surface area contributed by atoms with E-state index in [-0.39, 0.29) is 11.3 Å². The van der Waals surface area contributed by atoms with Crippen LogP contribution in [0, 0.1) is 13.8 Å². The van der Waals surface area contributed by atoms with Gasteiger partial charge in [0.05, 0.1) is 27.9 Å². The van der Waals surface area contributed by atoms with Gasteiger partial charge in [-0.05, 0) is 39.0 Å². The minimum Gasteiger partial charge on any atom is -0.321 e. The zero-order valence-electron chi connectivity index (χ0n) is 14.5. The number of carbonyl (C=O) groups is 1. The molecular weight excluding hydrogens is 345 g/mol. The topological polar surface area (TPSA) is 59.8 Å². The zero-order valence-corrected chi connectivity index (χ0v) is 14.5. The predicted octanol–water partition coefficient (Wildman–Crippen LogP) is 4.34. The quantitative estimate of drug-likeness (QED) is 0.754. The molecule has 0 radical (unpaired) electrons. The van der Waals surface area contributed by atoms with Crippen molar-refractivity contribution in [3.05, 3.63) is 52.8 Å². The van der Waals surface area contributed by atoms with Crippen LogP contribution in [-0.2, 0) is 12.7 Å². The maximum atomic E-state index is 13.2. The lowest BCUT2D eigenvalue weighted by Gasteiger charge is -2.14. The Balaban J connectivity index is 2.09. The number of hydrogen-bond acceptors (Lipinski definition) is 3. The number of nitrogens with zero attached hydrogens (tertiary/aromatic N) is 3. The van der Waals surface area contributed by atoms with Crippen molar-refractivity contribution >= 4 is 22.6 Å². The van der Waals surface area contributed by atoms with Gasteiger partial charge in [-0.3, -0.25) is 4.79 Å². The third-order valence-electron chi connectivity index (χ3n) is 4.03. The summed E-state index contributed by atoms with van der Waals surface area (Å²) in [5.41, 5.74) is 0.801. The Labute approximate surface area is 147 Å². The minimum atomic E-state index is -4.56. The van der Waals surface area contributed by atoms with Gasteiger partial charge in [0.1, 0.15) is 0 Å². The van der Waals surface area contributed by atoms with E-state index in [0.29, 0.717) is 29.0 Å². The van der Waals surface area contributed by atoms with Crippen molar-refractivity contribution in [3.8, 4) is 0 Å². The summed E-state index contributed by atoms with van der Waals surface area (Å²) in [6, 6.07) is 6.45. The molecule has 0 saturated carbocycles. The van der Waals surface area contributed by atoms with Gasteiger partial charge in [0.25, 0.3) is 5.91 Å². The first-order valence-corrected chi connectivity index (χ1v) is 8.04. The second-order valence-electron chi connectivity index (χ2n) is 5.91. The predicted molar refractivity (Wildman–Crippen MR) is 92.1 cm³/mol. The normalized spacial score (nSPS) is 11.8. The number of carbonyl (C=O) groups excluding carboxylic acids is 1. The molecule has 1 aromatic carbocycles. The van der Waals surface area contributed by atoms with Gasteiger partial charge in [-0.15, -0.1) is 0 Å². The second-order valence-corrected chi connectivity index (χ2v) is 5.91. The van der Waals surface area contributed by atoms with E-state index in [4.69, 9.17) is 0 Å². The Morgan fingerprint density at radius 2 is 1.92 bits per heavy atom. The van der Waals surface area contributed by atoms with E-state index in [2.05, 4.69) is 15.4 Å². The van der Waals surface area contributed by atoms with Crippen LogP contribution < -0.4 is 5.32 Å². The number of para-hydroxylation sites is 1. The number of hydrogen-bond donors (Lipinski definition) is 1. The van der Waals surface area contributed by atoms with Crippen LogP contribution in [0.3, 0.4) is 0 Å². The van der Waals surface area contributed by atoms with E-state index in [1.54, 1.807) is 24.6 Å². The molecule has 8 heteroatoms. The standard InChI is InChI=1S/C18H17F3N4O/c1-4-25-16-15(11(3)24-25)12(9-10(2)22-16)17(26)23-14-8-6-5-7-13(14)18(19,20)21/h5-9H,4H2,1-3H3,(H,23,26).